The summed E-state index contributed by atoms with van der Waals surface area (Å²) in [6.07, 6.45) is 0.867. The lowest BCUT2D eigenvalue weighted by Crippen LogP contribution is -2.39. The van der Waals surface area contributed by atoms with Gasteiger partial charge in [0, 0.05) is 19.9 Å². The van der Waals surface area contributed by atoms with Crippen LogP contribution in [0.2, 0.25) is 0 Å². The number of carbonyl (C=O) groups excluding carboxylic acids is 1. The number of rotatable bonds is 6. The first-order chi connectivity index (χ1) is 10.0. The molecule has 1 N–H and O–H groups in total. The number of aliphatic hydroxyl groups is 1. The number of nitrogens with zero attached hydrogens (tertiary/aromatic N) is 4. The van der Waals surface area contributed by atoms with E-state index in [-0.39, 0.29) is 19.7 Å². The van der Waals surface area contributed by atoms with Gasteiger partial charge in [0.2, 0.25) is 0 Å². The lowest BCUT2D eigenvalue weighted by Gasteiger charge is -2.18. The molecule has 0 saturated heterocycles. The van der Waals surface area contributed by atoms with E-state index >= 15 is 0 Å². The Morgan fingerprint density at radius 2 is 2.29 bits per heavy atom. The molecule has 0 aromatic carbocycles. The minimum atomic E-state index is -0.689. The van der Waals surface area contributed by atoms with E-state index in [2.05, 4.69) is 5.10 Å². The Hall–Kier alpha value is -2.03. The van der Waals surface area contributed by atoms with Crippen molar-refractivity contribution in [1.29, 1.82) is 0 Å². The van der Waals surface area contributed by atoms with Crippen LogP contribution in [-0.2, 0) is 4.74 Å². The van der Waals surface area contributed by atoms with Crippen LogP contribution in [0, 0.1) is 0 Å². The van der Waals surface area contributed by atoms with Crippen LogP contribution in [-0.4, -0.2) is 70.1 Å². The van der Waals surface area contributed by atoms with Gasteiger partial charge in [0.25, 0.3) is 5.91 Å². The van der Waals surface area contributed by atoms with Crippen molar-refractivity contribution in [2.24, 2.45) is 0 Å². The quantitative estimate of drug-likeness (QED) is 0.741. The monoisotopic (exact) mass is 294 g/mol. The zero-order valence-electron chi connectivity index (χ0n) is 12.0. The highest BCUT2D eigenvalue weighted by Gasteiger charge is 2.17. The van der Waals surface area contributed by atoms with Gasteiger partial charge in [0.1, 0.15) is 0 Å². The molecule has 8 heteroatoms. The standard InChI is InChI=1S/C13H18N4O4/c1-15(7-10(18)9-21-2)8-12(19)17-13(20)16-6-4-3-5-11(16)14-17/h3-6,10,18H,7-9H2,1-2H3. The number of carbonyl (C=O) groups is 1. The molecule has 0 aliphatic heterocycles. The van der Waals surface area contributed by atoms with Crippen LogP contribution in [0.5, 0.6) is 0 Å². The molecule has 0 amide bonds. The maximum Gasteiger partial charge on any atom is 0.357 e. The van der Waals surface area contributed by atoms with Gasteiger partial charge >= 0.3 is 5.69 Å². The Kier molecular flexibility index (Phi) is 4.84. The predicted molar refractivity (Wildman–Crippen MR) is 75.5 cm³/mol. The van der Waals surface area contributed by atoms with E-state index in [1.54, 1.807) is 36.3 Å². The summed E-state index contributed by atoms with van der Waals surface area (Å²) in [6.45, 7) is 0.430. The molecule has 0 spiro atoms. The van der Waals surface area contributed by atoms with Crippen molar-refractivity contribution in [2.75, 3.05) is 33.9 Å². The van der Waals surface area contributed by atoms with Crippen molar-refractivity contribution in [3.8, 4) is 0 Å². The molecule has 8 nitrogen and oxygen atoms in total. The summed E-state index contributed by atoms with van der Waals surface area (Å²) in [5.74, 6) is -0.448. The van der Waals surface area contributed by atoms with Gasteiger partial charge < -0.3 is 9.84 Å². The van der Waals surface area contributed by atoms with Gasteiger partial charge in [0.15, 0.2) is 5.65 Å². The first-order valence-corrected chi connectivity index (χ1v) is 6.48. The lowest BCUT2D eigenvalue weighted by atomic mass is 10.3. The lowest BCUT2D eigenvalue weighted by molar-refractivity contribution is 0.0414. The third-order valence-electron chi connectivity index (χ3n) is 2.95. The number of ether oxygens (including phenoxy) is 1. The zero-order chi connectivity index (χ0) is 15.4. The number of hydrogen-bond acceptors (Lipinski definition) is 6. The van der Waals surface area contributed by atoms with Crippen molar-refractivity contribution in [1.82, 2.24) is 19.1 Å². The first kappa shape index (κ1) is 15.4. The van der Waals surface area contributed by atoms with Crippen LogP contribution < -0.4 is 5.69 Å². The molecule has 1 atom stereocenters. The maximum absolute atomic E-state index is 12.1. The fourth-order valence-corrected chi connectivity index (χ4v) is 2.05. The van der Waals surface area contributed by atoms with Crippen molar-refractivity contribution in [3.05, 3.63) is 34.9 Å². The minimum absolute atomic E-state index is 0.0233. The molecule has 0 aliphatic carbocycles. The Morgan fingerprint density at radius 3 is 2.95 bits per heavy atom. The molecule has 114 valence electrons. The normalized spacial score (nSPS) is 13.0. The third-order valence-corrected chi connectivity index (χ3v) is 2.95. The second-order valence-electron chi connectivity index (χ2n) is 4.82. The van der Waals surface area contributed by atoms with E-state index in [4.69, 9.17) is 4.74 Å². The molecule has 1 unspecified atom stereocenters. The number of aliphatic hydroxyl groups excluding tert-OH is 1. The second kappa shape index (κ2) is 6.61. The number of likely N-dealkylation sites (N-methyl/N-ethyl adjacent to an activating group) is 1. The van der Waals surface area contributed by atoms with Crippen LogP contribution in [0.3, 0.4) is 0 Å². The average molecular weight is 294 g/mol. The molecular weight excluding hydrogens is 276 g/mol. The maximum atomic E-state index is 12.1. The van der Waals surface area contributed by atoms with Crippen LogP contribution in [0.4, 0.5) is 0 Å². The van der Waals surface area contributed by atoms with Gasteiger partial charge in [-0.15, -0.1) is 9.78 Å². The third kappa shape index (κ3) is 3.54. The molecule has 2 heterocycles. The summed E-state index contributed by atoms with van der Waals surface area (Å²) < 4.78 is 6.97. The van der Waals surface area contributed by atoms with Crippen LogP contribution in [0.1, 0.15) is 4.79 Å². The molecule has 2 rings (SSSR count). The van der Waals surface area contributed by atoms with E-state index in [9.17, 15) is 14.7 Å². The minimum Gasteiger partial charge on any atom is -0.389 e. The van der Waals surface area contributed by atoms with Gasteiger partial charge in [-0.25, -0.2) is 9.20 Å². The van der Waals surface area contributed by atoms with Crippen molar-refractivity contribution in [3.63, 3.8) is 0 Å². The zero-order valence-corrected chi connectivity index (χ0v) is 12.0. The SMILES string of the molecule is COCC(O)CN(C)CC(=O)n1nc2ccccn2c1=O. The molecular formula is C13H18N4O4. The molecule has 0 fully saturated rings. The smallest absolute Gasteiger partial charge is 0.357 e. The summed E-state index contributed by atoms with van der Waals surface area (Å²) in [7, 11) is 3.17. The van der Waals surface area contributed by atoms with Gasteiger partial charge in [-0.1, -0.05) is 6.07 Å². The van der Waals surface area contributed by atoms with E-state index < -0.39 is 17.7 Å². The number of aromatic nitrogens is 3. The summed E-state index contributed by atoms with van der Waals surface area (Å²) in [5, 5.41) is 13.6. The highest BCUT2D eigenvalue weighted by molar-refractivity contribution is 5.80. The summed E-state index contributed by atoms with van der Waals surface area (Å²) in [6, 6.07) is 5.08. The molecule has 2 aromatic heterocycles. The van der Waals surface area contributed by atoms with Gasteiger partial charge in [-0.2, -0.15) is 0 Å². The highest BCUT2D eigenvalue weighted by Crippen LogP contribution is 1.96. The Labute approximate surface area is 121 Å². The molecule has 21 heavy (non-hydrogen) atoms. The number of pyridine rings is 1. The van der Waals surface area contributed by atoms with Gasteiger partial charge in [-0.3, -0.25) is 9.69 Å². The van der Waals surface area contributed by atoms with E-state index in [0.717, 1.165) is 4.68 Å². The van der Waals surface area contributed by atoms with Crippen LogP contribution in [0.25, 0.3) is 5.65 Å². The predicted octanol–water partition coefficient (Wildman–Crippen LogP) is -0.925. The number of hydrogen-bond donors (Lipinski definition) is 1. The van der Waals surface area contributed by atoms with E-state index in [1.165, 1.54) is 11.5 Å². The fourth-order valence-electron chi connectivity index (χ4n) is 2.05. The highest BCUT2D eigenvalue weighted by atomic mass is 16.5. The van der Waals surface area contributed by atoms with Gasteiger partial charge in [0.05, 0.1) is 19.3 Å². The molecule has 0 radical (unpaired) electrons. The van der Waals surface area contributed by atoms with Crippen molar-refractivity contribution < 1.29 is 14.6 Å². The number of methoxy groups -OCH3 is 1. The van der Waals surface area contributed by atoms with Gasteiger partial charge in [-0.05, 0) is 19.2 Å². The largest absolute Gasteiger partial charge is 0.389 e. The molecule has 2 aromatic rings. The fraction of sp³-hybridized carbons (Fsp3) is 0.462. The Balaban J connectivity index is 2.08. The Bertz CT molecular complexity index is 678. The molecule has 0 saturated carbocycles. The topological polar surface area (TPSA) is 89.1 Å². The first-order valence-electron chi connectivity index (χ1n) is 6.48. The summed E-state index contributed by atoms with van der Waals surface area (Å²) in [4.78, 5) is 25.8. The van der Waals surface area contributed by atoms with Crippen molar-refractivity contribution >= 4 is 11.6 Å². The second-order valence-corrected chi connectivity index (χ2v) is 4.82. The van der Waals surface area contributed by atoms with E-state index in [1.807, 2.05) is 0 Å². The average Bonchev–Trinajstić information content (AvgIpc) is 2.77. The van der Waals surface area contributed by atoms with E-state index in [0.29, 0.717) is 5.65 Å². The van der Waals surface area contributed by atoms with Crippen molar-refractivity contribution in [2.45, 2.75) is 6.10 Å². The van der Waals surface area contributed by atoms with Crippen LogP contribution >= 0.6 is 0 Å². The Morgan fingerprint density at radius 1 is 1.52 bits per heavy atom. The molecule has 0 aliphatic rings. The molecule has 0 bridgehead atoms. The van der Waals surface area contributed by atoms with Crippen LogP contribution in [0.15, 0.2) is 29.2 Å². The summed E-state index contributed by atoms with van der Waals surface area (Å²) in [5.41, 5.74) is -0.0839. The summed E-state index contributed by atoms with van der Waals surface area (Å²) >= 11 is 0. The number of fused-ring (bicyclic) bond motifs is 1.